The van der Waals surface area contributed by atoms with Crippen molar-refractivity contribution in [3.05, 3.63) is 29.8 Å². The number of methoxy groups -OCH3 is 1. The Balaban J connectivity index is 1.48. The molecule has 1 aromatic rings. The van der Waals surface area contributed by atoms with Gasteiger partial charge in [-0.3, -0.25) is 0 Å². The molecule has 3 saturated carbocycles. The molecule has 3 aliphatic rings. The summed E-state index contributed by atoms with van der Waals surface area (Å²) in [7, 11) is 1.76. The van der Waals surface area contributed by atoms with E-state index in [1.807, 2.05) is 6.07 Å². The number of ether oxygens (including phenoxy) is 1. The summed E-state index contributed by atoms with van der Waals surface area (Å²) in [4.78, 5) is 0. The lowest BCUT2D eigenvalue weighted by molar-refractivity contribution is 0.247. The lowest BCUT2D eigenvalue weighted by Gasteiger charge is -2.32. The quantitative estimate of drug-likeness (QED) is 0.856. The summed E-state index contributed by atoms with van der Waals surface area (Å²) in [6.07, 6.45) is 8.38. The van der Waals surface area contributed by atoms with Gasteiger partial charge >= 0.3 is 0 Å². The van der Waals surface area contributed by atoms with Crippen LogP contribution in [-0.4, -0.2) is 19.7 Å². The van der Waals surface area contributed by atoms with Crippen molar-refractivity contribution in [1.82, 2.24) is 5.32 Å². The lowest BCUT2D eigenvalue weighted by Crippen LogP contribution is -2.36. The fraction of sp³-hybridized carbons (Fsp3) is 0.667. The summed E-state index contributed by atoms with van der Waals surface area (Å²) in [5.74, 6) is 3.08. The lowest BCUT2D eigenvalue weighted by atomic mass is 9.77. The molecule has 0 radical (unpaired) electrons. The third-order valence-corrected chi connectivity index (χ3v) is 5.52. The van der Waals surface area contributed by atoms with E-state index in [1.54, 1.807) is 7.11 Å². The van der Waals surface area contributed by atoms with Crippen LogP contribution in [0.2, 0.25) is 0 Å². The normalized spacial score (nSPS) is 34.9. The zero-order valence-corrected chi connectivity index (χ0v) is 12.4. The molecule has 1 N–H and O–H groups in total. The Morgan fingerprint density at radius 1 is 1.25 bits per heavy atom. The van der Waals surface area contributed by atoms with Gasteiger partial charge in [0.1, 0.15) is 5.75 Å². The number of nitrogens with one attached hydrogen (secondary N) is 1. The van der Waals surface area contributed by atoms with E-state index in [0.717, 1.165) is 23.6 Å². The molecule has 20 heavy (non-hydrogen) atoms. The smallest absolute Gasteiger partial charge is 0.119 e. The zero-order chi connectivity index (χ0) is 13.6. The molecule has 3 fully saturated rings. The standard InChI is InChI=1S/C18H25NO/c1-20-17-4-2-3-13(7-17)9-18(12-19-16-5-6-16)10-14-8-15(14)11-18/h2-4,7,14-16,19H,5-6,8-12H2,1H3. The predicted octanol–water partition coefficient (Wildman–Crippen LogP) is 3.41. The third-order valence-electron chi connectivity index (χ3n) is 5.52. The van der Waals surface area contributed by atoms with Crippen molar-refractivity contribution in [2.75, 3.05) is 13.7 Å². The second-order valence-corrected chi connectivity index (χ2v) is 7.35. The molecule has 0 aliphatic heterocycles. The summed E-state index contributed by atoms with van der Waals surface area (Å²) in [5.41, 5.74) is 1.96. The van der Waals surface area contributed by atoms with Gasteiger partial charge in [-0.25, -0.2) is 0 Å². The summed E-state index contributed by atoms with van der Waals surface area (Å²) < 4.78 is 5.37. The second kappa shape index (κ2) is 4.77. The molecule has 1 aromatic carbocycles. The van der Waals surface area contributed by atoms with Crippen LogP contribution in [0.1, 0.15) is 37.7 Å². The molecule has 0 amide bonds. The van der Waals surface area contributed by atoms with Gasteiger partial charge in [0.05, 0.1) is 7.11 Å². The van der Waals surface area contributed by atoms with Crippen LogP contribution in [0.4, 0.5) is 0 Å². The van der Waals surface area contributed by atoms with Crippen LogP contribution in [0.15, 0.2) is 24.3 Å². The molecule has 4 rings (SSSR count). The molecule has 2 atom stereocenters. The van der Waals surface area contributed by atoms with Gasteiger partial charge < -0.3 is 10.1 Å². The topological polar surface area (TPSA) is 21.3 Å². The molecular weight excluding hydrogens is 246 g/mol. The van der Waals surface area contributed by atoms with Gasteiger partial charge in [-0.1, -0.05) is 12.1 Å². The van der Waals surface area contributed by atoms with E-state index in [2.05, 4.69) is 23.5 Å². The highest BCUT2D eigenvalue weighted by Crippen LogP contribution is 2.60. The molecule has 2 nitrogen and oxygen atoms in total. The monoisotopic (exact) mass is 271 g/mol. The van der Waals surface area contributed by atoms with Crippen LogP contribution >= 0.6 is 0 Å². The average Bonchev–Trinajstić information content (AvgIpc) is 3.37. The third kappa shape index (κ3) is 2.58. The first-order chi connectivity index (χ1) is 9.76. The number of benzene rings is 1. The maximum absolute atomic E-state index is 5.37. The Morgan fingerprint density at radius 2 is 2.05 bits per heavy atom. The predicted molar refractivity (Wildman–Crippen MR) is 81.0 cm³/mol. The van der Waals surface area contributed by atoms with Crippen LogP contribution in [0.5, 0.6) is 5.75 Å². The Bertz CT molecular complexity index is 484. The first kappa shape index (κ1) is 12.7. The Morgan fingerprint density at radius 3 is 2.75 bits per heavy atom. The Labute approximate surface area is 121 Å². The largest absolute Gasteiger partial charge is 0.497 e. The summed E-state index contributed by atoms with van der Waals surface area (Å²) in [6.45, 7) is 1.22. The molecule has 2 unspecified atom stereocenters. The molecule has 2 heteroatoms. The van der Waals surface area contributed by atoms with Gasteiger partial charge in [-0.05, 0) is 73.5 Å². The number of rotatable bonds is 6. The number of fused-ring (bicyclic) bond motifs is 1. The van der Waals surface area contributed by atoms with E-state index in [-0.39, 0.29) is 0 Å². The van der Waals surface area contributed by atoms with E-state index in [1.165, 1.54) is 50.6 Å². The highest BCUT2D eigenvalue weighted by atomic mass is 16.5. The van der Waals surface area contributed by atoms with Crippen molar-refractivity contribution < 1.29 is 4.74 Å². The van der Waals surface area contributed by atoms with Crippen LogP contribution in [0.3, 0.4) is 0 Å². The van der Waals surface area contributed by atoms with Crippen molar-refractivity contribution in [1.29, 1.82) is 0 Å². The minimum atomic E-state index is 0.516. The summed E-state index contributed by atoms with van der Waals surface area (Å²) in [5, 5.41) is 3.80. The second-order valence-electron chi connectivity index (χ2n) is 7.35. The molecule has 3 aliphatic carbocycles. The molecular formula is C18H25NO. The number of hydrogen-bond acceptors (Lipinski definition) is 2. The van der Waals surface area contributed by atoms with Crippen LogP contribution in [0.25, 0.3) is 0 Å². The van der Waals surface area contributed by atoms with Crippen molar-refractivity contribution in [2.24, 2.45) is 17.3 Å². The molecule has 0 heterocycles. The van der Waals surface area contributed by atoms with E-state index in [0.29, 0.717) is 5.41 Å². The Hall–Kier alpha value is -1.02. The minimum absolute atomic E-state index is 0.516. The van der Waals surface area contributed by atoms with Crippen molar-refractivity contribution in [2.45, 2.75) is 44.6 Å². The zero-order valence-electron chi connectivity index (χ0n) is 12.4. The van der Waals surface area contributed by atoms with Crippen molar-refractivity contribution >= 4 is 0 Å². The fourth-order valence-corrected chi connectivity index (χ4v) is 4.22. The van der Waals surface area contributed by atoms with Gasteiger partial charge in [0.25, 0.3) is 0 Å². The molecule has 0 saturated heterocycles. The maximum Gasteiger partial charge on any atom is 0.119 e. The van der Waals surface area contributed by atoms with Crippen molar-refractivity contribution in [3.63, 3.8) is 0 Å². The van der Waals surface area contributed by atoms with E-state index in [9.17, 15) is 0 Å². The van der Waals surface area contributed by atoms with E-state index in [4.69, 9.17) is 4.74 Å². The van der Waals surface area contributed by atoms with Gasteiger partial charge in [-0.2, -0.15) is 0 Å². The van der Waals surface area contributed by atoms with Gasteiger partial charge in [0.15, 0.2) is 0 Å². The van der Waals surface area contributed by atoms with E-state index >= 15 is 0 Å². The number of hydrogen-bond donors (Lipinski definition) is 1. The first-order valence-corrected chi connectivity index (χ1v) is 8.13. The summed E-state index contributed by atoms with van der Waals surface area (Å²) >= 11 is 0. The fourth-order valence-electron chi connectivity index (χ4n) is 4.22. The first-order valence-electron chi connectivity index (χ1n) is 8.13. The van der Waals surface area contributed by atoms with Crippen LogP contribution in [0, 0.1) is 17.3 Å². The molecule has 0 aromatic heterocycles. The summed E-state index contributed by atoms with van der Waals surface area (Å²) in [6, 6.07) is 9.50. The molecule has 0 bridgehead atoms. The van der Waals surface area contributed by atoms with Crippen molar-refractivity contribution in [3.8, 4) is 5.75 Å². The maximum atomic E-state index is 5.37. The van der Waals surface area contributed by atoms with Gasteiger partial charge in [0, 0.05) is 12.6 Å². The highest BCUT2D eigenvalue weighted by Gasteiger charge is 2.53. The SMILES string of the molecule is COc1cccc(CC2(CNC3CC3)CC3CC3C2)c1. The minimum Gasteiger partial charge on any atom is -0.497 e. The Kier molecular flexibility index (Phi) is 3.03. The average molecular weight is 271 g/mol. The van der Waals surface area contributed by atoms with Crippen LogP contribution in [-0.2, 0) is 6.42 Å². The molecule has 108 valence electrons. The highest BCUT2D eigenvalue weighted by molar-refractivity contribution is 5.29. The van der Waals surface area contributed by atoms with Crippen LogP contribution < -0.4 is 10.1 Å². The molecule has 0 spiro atoms. The van der Waals surface area contributed by atoms with E-state index < -0.39 is 0 Å². The van der Waals surface area contributed by atoms with Gasteiger partial charge in [-0.15, -0.1) is 0 Å². The van der Waals surface area contributed by atoms with Gasteiger partial charge in [0.2, 0.25) is 0 Å².